The maximum absolute atomic E-state index is 13.9. The molecule has 0 spiro atoms. The highest BCUT2D eigenvalue weighted by Gasteiger charge is 2.32. The average molecular weight is 274 g/mol. The van der Waals surface area contributed by atoms with Crippen LogP contribution in [-0.2, 0) is 4.79 Å². The summed E-state index contributed by atoms with van der Waals surface area (Å²) in [4.78, 5) is 30.0. The van der Waals surface area contributed by atoms with Crippen molar-refractivity contribution in [3.8, 4) is 0 Å². The summed E-state index contributed by atoms with van der Waals surface area (Å²) in [5.74, 6) is -1.46. The van der Waals surface area contributed by atoms with Crippen LogP contribution in [0.3, 0.4) is 0 Å². The summed E-state index contributed by atoms with van der Waals surface area (Å²) < 4.78 is 13.9. The molecule has 1 aromatic heterocycles. The molecule has 1 aliphatic heterocycles. The fourth-order valence-corrected chi connectivity index (χ4v) is 2.41. The molecule has 6 nitrogen and oxygen atoms in total. The third kappa shape index (κ3) is 1.93. The minimum absolute atomic E-state index is 0.0113. The molecule has 2 heterocycles. The first-order valence-electron chi connectivity index (χ1n) is 6.00. The molecule has 2 aromatic rings. The van der Waals surface area contributed by atoms with E-state index in [0.717, 1.165) is 0 Å². The van der Waals surface area contributed by atoms with Gasteiger partial charge in [0.15, 0.2) is 0 Å². The van der Waals surface area contributed by atoms with E-state index in [1.807, 2.05) is 0 Å². The fraction of sp³-hybridized carbons (Fsp3) is 0.154. The van der Waals surface area contributed by atoms with E-state index in [1.54, 1.807) is 18.2 Å². The minimum atomic E-state index is -0.670. The van der Waals surface area contributed by atoms with Crippen molar-refractivity contribution < 1.29 is 9.18 Å². The number of rotatable bonds is 1. The monoisotopic (exact) mass is 274 g/mol. The number of H-pyrrole nitrogens is 1. The lowest BCUT2D eigenvalue weighted by Gasteiger charge is -2.24. The number of hydrogen-bond acceptors (Lipinski definition) is 4. The van der Waals surface area contributed by atoms with Crippen LogP contribution in [0, 0.1) is 5.82 Å². The van der Waals surface area contributed by atoms with Crippen LogP contribution in [0.25, 0.3) is 0 Å². The quantitative estimate of drug-likeness (QED) is 0.721. The SMILES string of the molecule is Nc1nc2c(c(=O)[nH]1)[C@@H](c1ccccc1F)CC(=O)N2. The third-order valence-corrected chi connectivity index (χ3v) is 3.25. The normalized spacial score (nSPS) is 17.4. The van der Waals surface area contributed by atoms with E-state index in [1.165, 1.54) is 6.07 Å². The van der Waals surface area contributed by atoms with E-state index in [0.29, 0.717) is 5.56 Å². The van der Waals surface area contributed by atoms with Crippen molar-refractivity contribution >= 4 is 17.7 Å². The Morgan fingerprint density at radius 2 is 2.05 bits per heavy atom. The number of anilines is 2. The number of carbonyl (C=O) groups excluding carboxylic acids is 1. The molecule has 0 radical (unpaired) electrons. The van der Waals surface area contributed by atoms with Gasteiger partial charge in [-0.1, -0.05) is 18.2 Å². The van der Waals surface area contributed by atoms with E-state index >= 15 is 0 Å². The Hall–Kier alpha value is -2.70. The summed E-state index contributed by atoms with van der Waals surface area (Å²) in [5, 5.41) is 2.49. The van der Waals surface area contributed by atoms with Crippen molar-refractivity contribution in [2.24, 2.45) is 0 Å². The molecule has 1 aliphatic rings. The number of halogens is 1. The Kier molecular flexibility index (Phi) is 2.74. The molecule has 3 rings (SSSR count). The molecule has 7 heteroatoms. The molecule has 1 amide bonds. The summed E-state index contributed by atoms with van der Waals surface area (Å²) in [6.45, 7) is 0. The van der Waals surface area contributed by atoms with Gasteiger partial charge in [-0.25, -0.2) is 4.39 Å². The molecule has 1 aromatic carbocycles. The number of nitrogens with two attached hydrogens (primary N) is 1. The van der Waals surface area contributed by atoms with Crippen LogP contribution < -0.4 is 16.6 Å². The van der Waals surface area contributed by atoms with Gasteiger partial charge in [-0.3, -0.25) is 14.6 Å². The Morgan fingerprint density at radius 1 is 1.30 bits per heavy atom. The number of amides is 1. The predicted molar refractivity (Wildman–Crippen MR) is 70.8 cm³/mol. The standard InChI is InChI=1S/C13H11FN4O2/c14-8-4-2-1-3-6(8)7-5-9(19)16-11-10(7)12(20)18-13(15)17-11/h1-4,7H,5H2,(H4,15,16,17,18,19,20)/t7-/m1/s1. The van der Waals surface area contributed by atoms with Crippen molar-refractivity contribution in [3.05, 3.63) is 51.6 Å². The number of nitrogens with one attached hydrogen (secondary N) is 2. The van der Waals surface area contributed by atoms with Gasteiger partial charge >= 0.3 is 0 Å². The van der Waals surface area contributed by atoms with Crippen molar-refractivity contribution in [2.75, 3.05) is 11.1 Å². The largest absolute Gasteiger partial charge is 0.369 e. The Labute approximate surface area is 112 Å². The molecule has 0 saturated carbocycles. The van der Waals surface area contributed by atoms with Gasteiger partial charge in [0.25, 0.3) is 5.56 Å². The van der Waals surface area contributed by atoms with E-state index in [-0.39, 0.29) is 29.7 Å². The van der Waals surface area contributed by atoms with Crippen molar-refractivity contribution in [1.29, 1.82) is 0 Å². The lowest BCUT2D eigenvalue weighted by atomic mass is 9.86. The van der Waals surface area contributed by atoms with Crippen LogP contribution in [0.15, 0.2) is 29.1 Å². The number of aromatic nitrogens is 2. The molecule has 1 atom stereocenters. The zero-order chi connectivity index (χ0) is 14.3. The third-order valence-electron chi connectivity index (χ3n) is 3.25. The maximum atomic E-state index is 13.9. The van der Waals surface area contributed by atoms with Crippen LogP contribution in [-0.4, -0.2) is 15.9 Å². The topological polar surface area (TPSA) is 101 Å². The van der Waals surface area contributed by atoms with Crippen LogP contribution in [0.5, 0.6) is 0 Å². The van der Waals surface area contributed by atoms with Crippen LogP contribution >= 0.6 is 0 Å². The molecule has 0 aliphatic carbocycles. The Balaban J connectivity index is 2.23. The Bertz CT molecular complexity index is 756. The highest BCUT2D eigenvalue weighted by molar-refractivity contribution is 5.94. The highest BCUT2D eigenvalue weighted by Crippen LogP contribution is 2.34. The van der Waals surface area contributed by atoms with Crippen molar-refractivity contribution in [3.63, 3.8) is 0 Å². The Morgan fingerprint density at radius 3 is 2.80 bits per heavy atom. The molecule has 4 N–H and O–H groups in total. The van der Waals surface area contributed by atoms with E-state index < -0.39 is 17.3 Å². The number of hydrogen-bond donors (Lipinski definition) is 3. The van der Waals surface area contributed by atoms with E-state index in [2.05, 4.69) is 15.3 Å². The lowest BCUT2D eigenvalue weighted by molar-refractivity contribution is -0.116. The average Bonchev–Trinajstić information content (AvgIpc) is 2.37. The summed E-state index contributed by atoms with van der Waals surface area (Å²) in [6, 6.07) is 6.05. The number of nitrogens with zero attached hydrogens (tertiary/aromatic N) is 1. The number of aromatic amines is 1. The zero-order valence-electron chi connectivity index (χ0n) is 10.3. The van der Waals surface area contributed by atoms with Gasteiger partial charge in [-0.2, -0.15) is 4.98 Å². The van der Waals surface area contributed by atoms with E-state index in [9.17, 15) is 14.0 Å². The van der Waals surface area contributed by atoms with Gasteiger partial charge in [0, 0.05) is 12.3 Å². The van der Waals surface area contributed by atoms with Crippen LogP contribution in [0.1, 0.15) is 23.5 Å². The van der Waals surface area contributed by atoms with Gasteiger partial charge in [-0.15, -0.1) is 0 Å². The molecular weight excluding hydrogens is 263 g/mol. The second-order valence-electron chi connectivity index (χ2n) is 4.54. The van der Waals surface area contributed by atoms with Gasteiger partial charge in [0.05, 0.1) is 5.56 Å². The smallest absolute Gasteiger partial charge is 0.258 e. The molecule has 102 valence electrons. The number of carbonyl (C=O) groups is 1. The van der Waals surface area contributed by atoms with Crippen molar-refractivity contribution in [1.82, 2.24) is 9.97 Å². The fourth-order valence-electron chi connectivity index (χ4n) is 2.41. The first kappa shape index (κ1) is 12.3. The molecule has 20 heavy (non-hydrogen) atoms. The van der Waals surface area contributed by atoms with Gasteiger partial charge in [0.1, 0.15) is 11.6 Å². The molecule has 0 unspecified atom stereocenters. The maximum Gasteiger partial charge on any atom is 0.258 e. The summed E-state index contributed by atoms with van der Waals surface area (Å²) in [6.07, 6.45) is -0.0113. The van der Waals surface area contributed by atoms with Crippen LogP contribution in [0.2, 0.25) is 0 Å². The van der Waals surface area contributed by atoms with Crippen molar-refractivity contribution in [2.45, 2.75) is 12.3 Å². The second kappa shape index (κ2) is 4.44. The predicted octanol–water partition coefficient (Wildman–Crippen LogP) is 0.965. The zero-order valence-corrected chi connectivity index (χ0v) is 10.3. The number of nitrogen functional groups attached to an aromatic ring is 1. The number of fused-ring (bicyclic) bond motifs is 1. The second-order valence-corrected chi connectivity index (χ2v) is 4.54. The minimum Gasteiger partial charge on any atom is -0.369 e. The molecule has 0 fully saturated rings. The molecule has 0 bridgehead atoms. The highest BCUT2D eigenvalue weighted by atomic mass is 19.1. The molecule has 0 saturated heterocycles. The number of benzene rings is 1. The van der Waals surface area contributed by atoms with Gasteiger partial charge in [-0.05, 0) is 11.6 Å². The summed E-state index contributed by atoms with van der Waals surface area (Å²) in [5.41, 5.74) is 5.50. The summed E-state index contributed by atoms with van der Waals surface area (Å²) >= 11 is 0. The van der Waals surface area contributed by atoms with Gasteiger partial charge < -0.3 is 11.1 Å². The summed E-state index contributed by atoms with van der Waals surface area (Å²) in [7, 11) is 0. The first-order chi connectivity index (χ1) is 9.56. The van der Waals surface area contributed by atoms with Gasteiger partial charge in [0.2, 0.25) is 11.9 Å². The van der Waals surface area contributed by atoms with Crippen LogP contribution in [0.4, 0.5) is 16.2 Å². The van der Waals surface area contributed by atoms with E-state index in [4.69, 9.17) is 5.73 Å². The first-order valence-corrected chi connectivity index (χ1v) is 6.00. The lowest BCUT2D eigenvalue weighted by Crippen LogP contribution is -2.31. The molecular formula is C13H11FN4O2.